The fourth-order valence-corrected chi connectivity index (χ4v) is 4.54. The Morgan fingerprint density at radius 1 is 0.784 bits per heavy atom. The van der Waals surface area contributed by atoms with Crippen molar-refractivity contribution in [1.82, 2.24) is 9.97 Å². The number of nitrogens with one attached hydrogen (secondary N) is 3. The number of carbonyl (C=O) groups is 3. The third-order valence-corrected chi connectivity index (χ3v) is 6.94. The van der Waals surface area contributed by atoms with Crippen molar-refractivity contribution in [2.24, 2.45) is 5.92 Å². The van der Waals surface area contributed by atoms with Crippen LogP contribution < -0.4 is 11.1 Å². The van der Waals surface area contributed by atoms with Crippen LogP contribution in [0.15, 0.2) is 72.2 Å². The van der Waals surface area contributed by atoms with E-state index in [2.05, 4.69) is 33.5 Å². The molecule has 1 fully saturated rings. The minimum atomic E-state index is -0.307. The van der Waals surface area contributed by atoms with Crippen molar-refractivity contribution in [2.75, 3.05) is 11.1 Å². The number of Topliss-reactive ketones (excluding diaryl/α,β-unsaturated/α-hetero) is 3. The molecule has 6 rings (SSSR count). The van der Waals surface area contributed by atoms with Gasteiger partial charge in [-0.25, -0.2) is 0 Å². The van der Waals surface area contributed by atoms with Crippen molar-refractivity contribution in [3.63, 3.8) is 0 Å². The summed E-state index contributed by atoms with van der Waals surface area (Å²) in [6, 6.07) is 16.1. The quantitative estimate of drug-likeness (QED) is 0.191. The second-order valence-corrected chi connectivity index (χ2v) is 9.62. The van der Waals surface area contributed by atoms with Crippen LogP contribution in [0.25, 0.3) is 21.8 Å². The molecule has 192 valence electrons. The lowest BCUT2D eigenvalue weighted by molar-refractivity contribution is -0.134. The Kier molecular flexibility index (Phi) is 8.23. The number of allylic oxidation sites excluding steroid dienone is 2. The summed E-state index contributed by atoms with van der Waals surface area (Å²) in [7, 11) is 0. The number of fused-ring (bicyclic) bond motifs is 2. The topological polar surface area (TPSA) is 121 Å². The number of rotatable bonds is 2. The summed E-state index contributed by atoms with van der Waals surface area (Å²) in [5.74, 6) is 0.195. The van der Waals surface area contributed by atoms with E-state index in [-0.39, 0.29) is 23.3 Å². The van der Waals surface area contributed by atoms with E-state index in [1.807, 2.05) is 49.6 Å². The first-order valence-corrected chi connectivity index (χ1v) is 12.8. The number of H-pyrrole nitrogens is 2. The number of aromatic nitrogens is 2. The number of hydrogen-bond acceptors (Lipinski definition) is 5. The zero-order valence-electron chi connectivity index (χ0n) is 21.4. The number of carbonyl (C=O) groups excluding carboxylic acids is 3. The molecule has 0 atom stereocenters. The van der Waals surface area contributed by atoms with E-state index in [0.29, 0.717) is 19.3 Å². The molecule has 0 aliphatic heterocycles. The number of benzene rings is 2. The van der Waals surface area contributed by atoms with Crippen LogP contribution in [0.3, 0.4) is 0 Å². The Morgan fingerprint density at radius 2 is 1.38 bits per heavy atom. The van der Waals surface area contributed by atoms with Gasteiger partial charge in [-0.2, -0.15) is 0 Å². The van der Waals surface area contributed by atoms with E-state index in [9.17, 15) is 14.4 Å². The highest BCUT2D eigenvalue weighted by molar-refractivity contribution is 6.03. The first-order chi connectivity index (χ1) is 17.8. The number of nitrogen functional groups attached to an aromatic ring is 1. The predicted octanol–water partition coefficient (Wildman–Crippen LogP) is 6.30. The van der Waals surface area contributed by atoms with Gasteiger partial charge in [0.1, 0.15) is 11.6 Å². The number of aromatic amines is 2. The van der Waals surface area contributed by atoms with Gasteiger partial charge in [-0.05, 0) is 80.3 Å². The highest BCUT2D eigenvalue weighted by atomic mass is 16.2. The van der Waals surface area contributed by atoms with E-state index >= 15 is 0 Å². The lowest BCUT2D eigenvalue weighted by Crippen LogP contribution is -2.25. The van der Waals surface area contributed by atoms with E-state index in [0.717, 1.165) is 52.9 Å². The van der Waals surface area contributed by atoms with Gasteiger partial charge in [0.2, 0.25) is 0 Å². The maximum absolute atomic E-state index is 11.7. The molecule has 0 amide bonds. The molecule has 0 unspecified atom stereocenters. The van der Waals surface area contributed by atoms with Crippen LogP contribution in [0.2, 0.25) is 0 Å². The summed E-state index contributed by atoms with van der Waals surface area (Å²) in [4.78, 5) is 39.5. The van der Waals surface area contributed by atoms with E-state index in [4.69, 9.17) is 5.73 Å². The minimum Gasteiger partial charge on any atom is -0.399 e. The van der Waals surface area contributed by atoms with Crippen molar-refractivity contribution < 1.29 is 14.4 Å². The molecule has 7 heteroatoms. The monoisotopic (exact) mass is 498 g/mol. The van der Waals surface area contributed by atoms with Crippen molar-refractivity contribution in [1.29, 1.82) is 0 Å². The summed E-state index contributed by atoms with van der Waals surface area (Å²) in [6.45, 7) is 3.61. The minimum absolute atomic E-state index is 0.117. The van der Waals surface area contributed by atoms with Gasteiger partial charge in [-0.1, -0.05) is 12.1 Å². The van der Waals surface area contributed by atoms with Crippen LogP contribution in [0.1, 0.15) is 52.4 Å². The molecule has 0 saturated heterocycles. The molecule has 2 aliphatic rings. The fraction of sp³-hybridized carbons (Fsp3) is 0.300. The average Bonchev–Trinajstić information content (AvgIpc) is 3.55. The number of anilines is 2. The lowest BCUT2D eigenvalue weighted by atomic mass is 9.88. The molecular weight excluding hydrogens is 464 g/mol. The average molecular weight is 499 g/mol. The van der Waals surface area contributed by atoms with Crippen molar-refractivity contribution in [3.05, 3.63) is 72.2 Å². The van der Waals surface area contributed by atoms with Gasteiger partial charge in [0.15, 0.2) is 5.78 Å². The van der Waals surface area contributed by atoms with Crippen molar-refractivity contribution in [2.45, 2.75) is 52.4 Å². The summed E-state index contributed by atoms with van der Waals surface area (Å²) < 4.78 is 0. The van der Waals surface area contributed by atoms with Crippen LogP contribution >= 0.6 is 0 Å². The first-order valence-electron chi connectivity index (χ1n) is 12.8. The van der Waals surface area contributed by atoms with Crippen molar-refractivity contribution in [3.8, 4) is 0 Å². The largest absolute Gasteiger partial charge is 0.399 e. The van der Waals surface area contributed by atoms with Crippen LogP contribution in [0.4, 0.5) is 11.4 Å². The van der Waals surface area contributed by atoms with Gasteiger partial charge >= 0.3 is 0 Å². The summed E-state index contributed by atoms with van der Waals surface area (Å²) in [6.07, 6.45) is 8.41. The molecule has 1 saturated carbocycles. The summed E-state index contributed by atoms with van der Waals surface area (Å²) >= 11 is 0. The van der Waals surface area contributed by atoms with Crippen LogP contribution in [-0.2, 0) is 14.4 Å². The Morgan fingerprint density at radius 3 is 2.03 bits per heavy atom. The Balaban J connectivity index is 0.000000143. The molecule has 5 N–H and O–H groups in total. The first kappa shape index (κ1) is 25.9. The molecule has 37 heavy (non-hydrogen) atoms. The third kappa shape index (κ3) is 6.55. The van der Waals surface area contributed by atoms with Gasteiger partial charge in [-0.3, -0.25) is 14.4 Å². The van der Waals surface area contributed by atoms with Gasteiger partial charge in [0, 0.05) is 65.3 Å². The smallest absolute Gasteiger partial charge is 0.160 e. The van der Waals surface area contributed by atoms with Gasteiger partial charge < -0.3 is 21.0 Å². The van der Waals surface area contributed by atoms with Crippen LogP contribution in [0.5, 0.6) is 0 Å². The molecule has 0 radical (unpaired) electrons. The number of hydrogen-bond donors (Lipinski definition) is 4. The predicted molar refractivity (Wildman–Crippen MR) is 149 cm³/mol. The zero-order chi connectivity index (χ0) is 26.4. The highest BCUT2D eigenvalue weighted by Crippen LogP contribution is 2.25. The molecule has 2 aliphatic carbocycles. The Hall–Kier alpha value is -4.13. The molecule has 2 aromatic carbocycles. The standard InChI is InChI=1S/C15H16N2O.C8H8N2.C7H10O2/c1-10-13(3-2-4-15(10)18)17-12-6-5-11-7-8-16-14(11)9-12;9-7-2-1-6-3-4-10-8(6)5-7;1-5-6(8)3-2-4-7(5)9/h5-9,16-17H,2-4H2,1H3;1-5,10H,9H2;5H,2-4H2,1H3. The van der Waals surface area contributed by atoms with Gasteiger partial charge in [0.25, 0.3) is 0 Å². The maximum Gasteiger partial charge on any atom is 0.160 e. The third-order valence-electron chi connectivity index (χ3n) is 6.94. The fourth-order valence-electron chi connectivity index (χ4n) is 4.54. The maximum atomic E-state index is 11.7. The second kappa shape index (κ2) is 11.7. The van der Waals surface area contributed by atoms with E-state index in [1.165, 1.54) is 10.8 Å². The van der Waals surface area contributed by atoms with E-state index in [1.54, 1.807) is 6.92 Å². The molecule has 7 nitrogen and oxygen atoms in total. The summed E-state index contributed by atoms with van der Waals surface area (Å²) in [5, 5.41) is 5.78. The zero-order valence-corrected chi connectivity index (χ0v) is 21.4. The Labute approximate surface area is 216 Å². The molecule has 0 spiro atoms. The number of nitrogens with two attached hydrogens (primary N) is 1. The number of ketones is 3. The van der Waals surface area contributed by atoms with Crippen LogP contribution in [0, 0.1) is 5.92 Å². The molecule has 4 aromatic rings. The van der Waals surface area contributed by atoms with Crippen LogP contribution in [-0.4, -0.2) is 27.3 Å². The molecule has 2 heterocycles. The van der Waals surface area contributed by atoms with Gasteiger partial charge in [0.05, 0.1) is 5.92 Å². The van der Waals surface area contributed by atoms with Crippen molar-refractivity contribution >= 4 is 50.5 Å². The molecule has 0 bridgehead atoms. The Bertz CT molecular complexity index is 1440. The molecule has 2 aromatic heterocycles. The molecular formula is C30H34N4O3. The highest BCUT2D eigenvalue weighted by Gasteiger charge is 2.24. The summed E-state index contributed by atoms with van der Waals surface area (Å²) in [5.41, 5.74) is 11.6. The SMILES string of the molecule is CC1=C(Nc2ccc3cc[nH]c3c2)CCCC1=O.CC1C(=O)CCCC1=O.Nc1ccc2cc[nH]c2c1. The van der Waals surface area contributed by atoms with Gasteiger partial charge in [-0.15, -0.1) is 0 Å². The lowest BCUT2D eigenvalue weighted by Gasteiger charge is -2.18. The second-order valence-electron chi connectivity index (χ2n) is 9.62. The van der Waals surface area contributed by atoms with E-state index < -0.39 is 0 Å². The normalized spacial score (nSPS) is 16.3.